The lowest BCUT2D eigenvalue weighted by Crippen LogP contribution is -2.45. The molecule has 0 radical (unpaired) electrons. The fourth-order valence-electron chi connectivity index (χ4n) is 5.89. The minimum atomic E-state index is -0.518. The highest BCUT2D eigenvalue weighted by molar-refractivity contribution is 5.97. The van der Waals surface area contributed by atoms with E-state index < -0.39 is 5.60 Å². The molecule has 1 aliphatic rings. The van der Waals surface area contributed by atoms with E-state index in [9.17, 15) is 9.59 Å². The summed E-state index contributed by atoms with van der Waals surface area (Å²) in [6, 6.07) is 8.39. The number of benzene rings is 1. The number of methoxy groups -OCH3 is 1. The summed E-state index contributed by atoms with van der Waals surface area (Å²) in [5, 5.41) is 6.18. The molecule has 234 valence electrons. The van der Waals surface area contributed by atoms with Crippen LogP contribution >= 0.6 is 0 Å². The molecule has 2 amide bonds. The summed E-state index contributed by atoms with van der Waals surface area (Å²) in [6.07, 6.45) is 9.20. The van der Waals surface area contributed by atoms with Crippen molar-refractivity contribution in [3.63, 3.8) is 0 Å². The number of amides is 2. The minimum Gasteiger partial charge on any atom is -0.481 e. The Kier molecular flexibility index (Phi) is 12.2. The van der Waals surface area contributed by atoms with E-state index in [-0.39, 0.29) is 18.0 Å². The fraction of sp³-hybridized carbons (Fsp3) is 0.514. The molecule has 0 spiro atoms. The molecule has 43 heavy (non-hydrogen) atoms. The Labute approximate surface area is 257 Å². The average molecular weight is 591 g/mol. The smallest absolute Gasteiger partial charge is 0.407 e. The van der Waals surface area contributed by atoms with Crippen molar-refractivity contribution in [3.05, 3.63) is 77.5 Å². The number of aromatic nitrogens is 1. The Bertz CT molecular complexity index is 1280. The zero-order valence-electron chi connectivity index (χ0n) is 26.9. The van der Waals surface area contributed by atoms with Crippen LogP contribution in [0.5, 0.6) is 5.88 Å². The topological polar surface area (TPSA) is 92.8 Å². The largest absolute Gasteiger partial charge is 0.481 e. The Morgan fingerprint density at radius 3 is 2.44 bits per heavy atom. The quantitative estimate of drug-likeness (QED) is 0.248. The van der Waals surface area contributed by atoms with Crippen molar-refractivity contribution >= 4 is 17.7 Å². The Balaban J connectivity index is 1.78. The van der Waals surface area contributed by atoms with Crippen molar-refractivity contribution in [1.82, 2.24) is 15.6 Å². The molecule has 0 saturated heterocycles. The zero-order valence-corrected chi connectivity index (χ0v) is 26.9. The summed E-state index contributed by atoms with van der Waals surface area (Å²) >= 11 is 0. The molecule has 0 bridgehead atoms. The maximum atomic E-state index is 13.7. The van der Waals surface area contributed by atoms with E-state index in [0.29, 0.717) is 30.5 Å². The van der Waals surface area contributed by atoms with Gasteiger partial charge in [0, 0.05) is 47.7 Å². The number of hydrogen-bond acceptors (Lipinski definition) is 6. The predicted molar refractivity (Wildman–Crippen MR) is 174 cm³/mol. The number of nitrogens with zero attached hydrogens (tertiary/aromatic N) is 2. The van der Waals surface area contributed by atoms with Crippen LogP contribution in [0.25, 0.3) is 0 Å². The van der Waals surface area contributed by atoms with Crippen LogP contribution in [0, 0.1) is 6.92 Å². The van der Waals surface area contributed by atoms with Crippen molar-refractivity contribution < 1.29 is 19.1 Å². The molecule has 1 saturated carbocycles. The van der Waals surface area contributed by atoms with Gasteiger partial charge in [-0.15, -0.1) is 13.2 Å². The first-order valence-corrected chi connectivity index (χ1v) is 15.4. The molecule has 0 atom stereocenters. The lowest BCUT2D eigenvalue weighted by atomic mass is 9.89. The highest BCUT2D eigenvalue weighted by Crippen LogP contribution is 2.32. The van der Waals surface area contributed by atoms with Gasteiger partial charge in [-0.25, -0.2) is 9.78 Å². The molecule has 0 unspecified atom stereocenters. The van der Waals surface area contributed by atoms with Gasteiger partial charge in [0.05, 0.1) is 7.11 Å². The third-order valence-corrected chi connectivity index (χ3v) is 7.80. The Morgan fingerprint density at radius 1 is 1.12 bits per heavy atom. The van der Waals surface area contributed by atoms with Crippen molar-refractivity contribution in [2.24, 2.45) is 0 Å². The van der Waals surface area contributed by atoms with Gasteiger partial charge in [0.2, 0.25) is 5.88 Å². The van der Waals surface area contributed by atoms with Crippen LogP contribution in [0.2, 0.25) is 0 Å². The molecule has 0 aliphatic heterocycles. The monoisotopic (exact) mass is 590 g/mol. The van der Waals surface area contributed by atoms with Gasteiger partial charge in [0.25, 0.3) is 5.91 Å². The number of allylic oxidation sites excluding steroid dienone is 2. The van der Waals surface area contributed by atoms with Crippen LogP contribution in [0.4, 0.5) is 10.5 Å². The van der Waals surface area contributed by atoms with Gasteiger partial charge in [-0.1, -0.05) is 18.2 Å². The van der Waals surface area contributed by atoms with Crippen LogP contribution in [-0.4, -0.2) is 48.3 Å². The average Bonchev–Trinajstić information content (AvgIpc) is 2.96. The number of hydrogen-bond donors (Lipinski definition) is 2. The molecule has 1 fully saturated rings. The molecule has 3 rings (SSSR count). The van der Waals surface area contributed by atoms with Crippen LogP contribution < -0.4 is 20.3 Å². The van der Waals surface area contributed by atoms with Gasteiger partial charge >= 0.3 is 6.09 Å². The Hall–Kier alpha value is -3.81. The highest BCUT2D eigenvalue weighted by atomic mass is 16.6. The SMILES string of the molecule is C=CCCc1cc(C)nc(OC)c1CNC(=O)c1cccc(N(CC)[C@H]2CC[C@H](NC(=O)OC(C)(C)C)CC2)c1CC=C. The molecule has 1 aromatic heterocycles. The van der Waals surface area contributed by atoms with Crippen LogP contribution in [0.3, 0.4) is 0 Å². The van der Waals surface area contributed by atoms with Gasteiger partial charge in [-0.3, -0.25) is 4.79 Å². The third kappa shape index (κ3) is 9.34. The van der Waals surface area contributed by atoms with Gasteiger partial charge in [-0.05, 0) is 109 Å². The van der Waals surface area contributed by atoms with Crippen LogP contribution in [0.15, 0.2) is 49.6 Å². The normalized spacial score (nSPS) is 16.6. The predicted octanol–water partition coefficient (Wildman–Crippen LogP) is 6.84. The molecule has 1 aromatic carbocycles. The maximum Gasteiger partial charge on any atom is 0.407 e. The molecule has 8 nitrogen and oxygen atoms in total. The Morgan fingerprint density at radius 2 is 1.84 bits per heavy atom. The number of aryl methyl sites for hydroxylation is 2. The minimum absolute atomic E-state index is 0.0965. The fourth-order valence-corrected chi connectivity index (χ4v) is 5.89. The number of rotatable bonds is 13. The van der Waals surface area contributed by atoms with E-state index in [1.54, 1.807) is 7.11 Å². The van der Waals surface area contributed by atoms with Gasteiger partial charge < -0.3 is 25.0 Å². The number of nitrogens with one attached hydrogen (secondary N) is 2. The van der Waals surface area contributed by atoms with E-state index in [2.05, 4.69) is 46.7 Å². The van der Waals surface area contributed by atoms with Gasteiger partial charge in [0.15, 0.2) is 0 Å². The number of anilines is 1. The number of carbonyl (C=O) groups excluding carboxylic acids is 2. The number of carbonyl (C=O) groups is 2. The van der Waals surface area contributed by atoms with Crippen LogP contribution in [0.1, 0.15) is 92.5 Å². The first-order chi connectivity index (χ1) is 20.5. The molecule has 2 aromatic rings. The molecular formula is C35H50N4O4. The first-order valence-electron chi connectivity index (χ1n) is 15.4. The van der Waals surface area contributed by atoms with Gasteiger partial charge in [-0.2, -0.15) is 0 Å². The summed E-state index contributed by atoms with van der Waals surface area (Å²) in [7, 11) is 1.61. The molecule has 8 heteroatoms. The summed E-state index contributed by atoms with van der Waals surface area (Å²) < 4.78 is 11.0. The molecule has 1 aliphatic carbocycles. The summed E-state index contributed by atoms with van der Waals surface area (Å²) in [4.78, 5) is 32.9. The van der Waals surface area contributed by atoms with E-state index in [1.165, 1.54) is 0 Å². The summed E-state index contributed by atoms with van der Waals surface area (Å²) in [6.45, 7) is 18.7. The van der Waals surface area contributed by atoms with Crippen molar-refractivity contribution in [2.45, 2.75) is 104 Å². The number of ether oxygens (including phenoxy) is 2. The summed E-state index contributed by atoms with van der Waals surface area (Å²) in [5.41, 5.74) is 5.00. The van der Waals surface area contributed by atoms with Gasteiger partial charge in [0.1, 0.15) is 5.60 Å². The summed E-state index contributed by atoms with van der Waals surface area (Å²) in [5.74, 6) is 0.394. The van der Waals surface area contributed by atoms with Crippen molar-refractivity contribution in [2.75, 3.05) is 18.6 Å². The maximum absolute atomic E-state index is 13.7. The standard InChI is InChI=1S/C35H50N4O4/c1-9-12-15-25-22-24(4)37-33(42-8)30(25)23-36-32(40)29-16-13-17-31(28(29)14-10-2)39(11-3)27-20-18-26(19-21-27)38-34(41)43-35(5,6)7/h9-10,13,16-17,22,26-27H,1-2,11-12,14-15,18-21,23H2,3-8H3,(H,36,40)(H,38,41)/t26-,27-. The first kappa shape index (κ1) is 33.7. The van der Waals surface area contributed by atoms with Crippen LogP contribution in [-0.2, 0) is 24.1 Å². The number of pyridine rings is 1. The van der Waals surface area contributed by atoms with E-state index in [0.717, 1.165) is 73.1 Å². The lowest BCUT2D eigenvalue weighted by molar-refractivity contribution is 0.0491. The van der Waals surface area contributed by atoms with E-state index in [1.807, 2.05) is 58.0 Å². The molecule has 1 heterocycles. The van der Waals surface area contributed by atoms with E-state index in [4.69, 9.17) is 9.47 Å². The highest BCUT2D eigenvalue weighted by Gasteiger charge is 2.29. The third-order valence-electron chi connectivity index (χ3n) is 7.80. The lowest BCUT2D eigenvalue weighted by Gasteiger charge is -2.39. The number of alkyl carbamates (subject to hydrolysis) is 1. The van der Waals surface area contributed by atoms with E-state index >= 15 is 0 Å². The van der Waals surface area contributed by atoms with Crippen molar-refractivity contribution in [3.8, 4) is 5.88 Å². The second-order valence-corrected chi connectivity index (χ2v) is 12.2. The molecule has 2 N–H and O–H groups in total. The second-order valence-electron chi connectivity index (χ2n) is 12.2. The second kappa shape index (κ2) is 15.6. The van der Waals surface area contributed by atoms with Crippen molar-refractivity contribution in [1.29, 1.82) is 0 Å². The molecular weight excluding hydrogens is 540 g/mol. The zero-order chi connectivity index (χ0) is 31.6.